The van der Waals surface area contributed by atoms with E-state index in [1.165, 1.54) is 0 Å². The van der Waals surface area contributed by atoms with Gasteiger partial charge in [0.05, 0.1) is 11.9 Å². The quantitative estimate of drug-likeness (QED) is 0.672. The first kappa shape index (κ1) is 6.91. The lowest BCUT2D eigenvalue weighted by Crippen LogP contribution is -2.30. The number of nitrogens with zero attached hydrogens (tertiary/aromatic N) is 2. The molecule has 0 atom stereocenters. The Hall–Kier alpha value is -1.77. The summed E-state index contributed by atoms with van der Waals surface area (Å²) in [4.78, 5) is 0. The smallest absolute Gasteiger partial charge is 0.0639 e. The third-order valence-electron chi connectivity index (χ3n) is 1.60. The van der Waals surface area contributed by atoms with Gasteiger partial charge in [-0.25, -0.2) is 10.5 Å². The van der Waals surface area contributed by atoms with Crippen LogP contribution in [0, 0.1) is 0 Å². The zero-order valence-electron chi connectivity index (χ0n) is 6.51. The van der Waals surface area contributed by atoms with Crippen LogP contribution in [0.5, 0.6) is 0 Å². The molecule has 1 aromatic carbocycles. The average molecular weight is 159 g/mol. The van der Waals surface area contributed by atoms with Gasteiger partial charge in [0.1, 0.15) is 0 Å². The van der Waals surface area contributed by atoms with Crippen LogP contribution in [0.1, 0.15) is 0 Å². The minimum Gasteiger partial charge on any atom is -0.248 e. The molecule has 1 aromatic rings. The van der Waals surface area contributed by atoms with E-state index in [9.17, 15) is 0 Å². The summed E-state index contributed by atoms with van der Waals surface area (Å²) in [6.07, 6.45) is 5.51. The van der Waals surface area contributed by atoms with E-state index in [1.54, 1.807) is 6.21 Å². The Morgan fingerprint density at radius 2 is 2.00 bits per heavy atom. The van der Waals surface area contributed by atoms with Crippen LogP contribution in [-0.4, -0.2) is 6.21 Å². The van der Waals surface area contributed by atoms with Crippen LogP contribution in [-0.2, 0) is 0 Å². The van der Waals surface area contributed by atoms with Crippen molar-refractivity contribution in [1.82, 2.24) is 5.53 Å². The van der Waals surface area contributed by atoms with Crippen molar-refractivity contribution in [2.75, 3.05) is 5.01 Å². The van der Waals surface area contributed by atoms with Crippen LogP contribution in [0.4, 0.5) is 5.69 Å². The van der Waals surface area contributed by atoms with Crippen molar-refractivity contribution in [3.63, 3.8) is 0 Å². The molecule has 1 heterocycles. The van der Waals surface area contributed by atoms with Crippen molar-refractivity contribution in [1.29, 1.82) is 0 Å². The summed E-state index contributed by atoms with van der Waals surface area (Å²) < 4.78 is 0. The lowest BCUT2D eigenvalue weighted by molar-refractivity contribution is 0.750. The molecule has 1 N–H and O–H groups in total. The van der Waals surface area contributed by atoms with Gasteiger partial charge in [-0.05, 0) is 18.2 Å². The Kier molecular flexibility index (Phi) is 1.78. The topological polar surface area (TPSA) is 27.6 Å². The summed E-state index contributed by atoms with van der Waals surface area (Å²) in [7, 11) is 0. The van der Waals surface area contributed by atoms with E-state index in [-0.39, 0.29) is 0 Å². The summed E-state index contributed by atoms with van der Waals surface area (Å²) >= 11 is 0. The van der Waals surface area contributed by atoms with Crippen LogP contribution in [0.25, 0.3) is 0 Å². The van der Waals surface area contributed by atoms with Gasteiger partial charge in [0.15, 0.2) is 0 Å². The molecule has 0 amide bonds. The zero-order chi connectivity index (χ0) is 8.23. The van der Waals surface area contributed by atoms with Crippen LogP contribution in [0.3, 0.4) is 0 Å². The van der Waals surface area contributed by atoms with Crippen molar-refractivity contribution in [2.45, 2.75) is 0 Å². The van der Waals surface area contributed by atoms with Crippen molar-refractivity contribution < 1.29 is 0 Å². The number of nitrogens with one attached hydrogen (secondary N) is 1. The predicted octanol–water partition coefficient (Wildman–Crippen LogP) is 1.51. The summed E-state index contributed by atoms with van der Waals surface area (Å²) in [6.45, 7) is 0. The largest absolute Gasteiger partial charge is 0.248 e. The number of rotatable bonds is 1. The van der Waals surface area contributed by atoms with Gasteiger partial charge in [-0.2, -0.15) is 5.10 Å². The number of para-hydroxylation sites is 1. The molecule has 0 saturated heterocycles. The van der Waals surface area contributed by atoms with Gasteiger partial charge in [0.25, 0.3) is 0 Å². The SMILES string of the molecule is C1=CN(c2ccccc2)NN=C1. The molecule has 0 aliphatic carbocycles. The molecule has 3 nitrogen and oxygen atoms in total. The molecule has 3 heteroatoms. The van der Waals surface area contributed by atoms with Crippen molar-refractivity contribution in [2.24, 2.45) is 5.10 Å². The van der Waals surface area contributed by atoms with Gasteiger partial charge in [-0.15, -0.1) is 0 Å². The second-order valence-corrected chi connectivity index (χ2v) is 2.43. The van der Waals surface area contributed by atoms with E-state index in [2.05, 4.69) is 10.6 Å². The van der Waals surface area contributed by atoms with Gasteiger partial charge >= 0.3 is 0 Å². The molecule has 2 rings (SSSR count). The monoisotopic (exact) mass is 159 g/mol. The fourth-order valence-electron chi connectivity index (χ4n) is 1.03. The van der Waals surface area contributed by atoms with Crippen molar-refractivity contribution in [3.05, 3.63) is 42.6 Å². The maximum atomic E-state index is 3.90. The second kappa shape index (κ2) is 3.09. The number of anilines is 1. The Morgan fingerprint density at radius 1 is 1.17 bits per heavy atom. The fourth-order valence-corrected chi connectivity index (χ4v) is 1.03. The van der Waals surface area contributed by atoms with E-state index in [1.807, 2.05) is 47.6 Å². The molecule has 1 aliphatic rings. The Balaban J connectivity index is 2.21. The Labute approximate surface area is 71.0 Å². The fraction of sp³-hybridized carbons (Fsp3) is 0. The molecule has 0 fully saturated rings. The van der Waals surface area contributed by atoms with E-state index < -0.39 is 0 Å². The molecule has 0 spiro atoms. The van der Waals surface area contributed by atoms with E-state index in [0.29, 0.717) is 0 Å². The number of hydrazine groups is 1. The minimum atomic E-state index is 1.07. The highest BCUT2D eigenvalue weighted by Crippen LogP contribution is 2.11. The zero-order valence-corrected chi connectivity index (χ0v) is 6.51. The summed E-state index contributed by atoms with van der Waals surface area (Å²) in [5, 5.41) is 5.75. The average Bonchev–Trinajstić information content (AvgIpc) is 2.21. The molecule has 1 aliphatic heterocycles. The second-order valence-electron chi connectivity index (χ2n) is 2.43. The van der Waals surface area contributed by atoms with E-state index in [0.717, 1.165) is 5.69 Å². The molecular weight excluding hydrogens is 150 g/mol. The number of benzene rings is 1. The first-order chi connectivity index (χ1) is 5.97. The molecular formula is C9H9N3. The Morgan fingerprint density at radius 3 is 2.67 bits per heavy atom. The van der Waals surface area contributed by atoms with E-state index in [4.69, 9.17) is 0 Å². The van der Waals surface area contributed by atoms with Crippen LogP contribution >= 0.6 is 0 Å². The lowest BCUT2D eigenvalue weighted by atomic mass is 10.3. The van der Waals surface area contributed by atoms with Crippen molar-refractivity contribution in [3.8, 4) is 0 Å². The number of hydrazone groups is 1. The van der Waals surface area contributed by atoms with Gasteiger partial charge in [-0.3, -0.25) is 0 Å². The molecule has 0 bridgehead atoms. The molecule has 0 radical (unpaired) electrons. The van der Waals surface area contributed by atoms with Gasteiger partial charge in [0, 0.05) is 6.20 Å². The number of allylic oxidation sites excluding steroid dienone is 1. The van der Waals surface area contributed by atoms with Crippen LogP contribution < -0.4 is 10.5 Å². The molecule has 0 unspecified atom stereocenters. The first-order valence-electron chi connectivity index (χ1n) is 3.76. The van der Waals surface area contributed by atoms with E-state index >= 15 is 0 Å². The maximum absolute atomic E-state index is 3.90. The Bertz CT molecular complexity index is 303. The van der Waals surface area contributed by atoms with Gasteiger partial charge in [-0.1, -0.05) is 18.2 Å². The number of hydrogen-bond donors (Lipinski definition) is 1. The molecule has 0 aromatic heterocycles. The highest BCUT2D eigenvalue weighted by Gasteiger charge is 2.00. The van der Waals surface area contributed by atoms with Crippen molar-refractivity contribution >= 4 is 11.9 Å². The number of hydrogen-bond acceptors (Lipinski definition) is 3. The molecule has 12 heavy (non-hydrogen) atoms. The normalized spacial score (nSPS) is 14.5. The molecule has 60 valence electrons. The van der Waals surface area contributed by atoms with Crippen LogP contribution in [0.2, 0.25) is 0 Å². The predicted molar refractivity (Wildman–Crippen MR) is 49.7 cm³/mol. The highest BCUT2D eigenvalue weighted by molar-refractivity contribution is 5.73. The minimum absolute atomic E-state index is 1.07. The molecule has 0 saturated carbocycles. The first-order valence-corrected chi connectivity index (χ1v) is 3.76. The van der Waals surface area contributed by atoms with Gasteiger partial charge < -0.3 is 0 Å². The van der Waals surface area contributed by atoms with Gasteiger partial charge in [0.2, 0.25) is 0 Å². The summed E-state index contributed by atoms with van der Waals surface area (Å²) in [6, 6.07) is 9.99. The summed E-state index contributed by atoms with van der Waals surface area (Å²) in [5.74, 6) is 0. The lowest BCUT2D eigenvalue weighted by Gasteiger charge is -2.20. The third-order valence-corrected chi connectivity index (χ3v) is 1.60. The maximum Gasteiger partial charge on any atom is 0.0639 e. The standard InChI is InChI=1S/C9H9N3/c1-2-5-9(6-3-1)12-8-4-7-10-11-12/h1-8,11H. The van der Waals surface area contributed by atoms with Crippen LogP contribution in [0.15, 0.2) is 47.7 Å². The summed E-state index contributed by atoms with van der Waals surface area (Å²) in [5.41, 5.74) is 3.93. The third kappa shape index (κ3) is 1.29. The highest BCUT2D eigenvalue weighted by atomic mass is 15.7.